The van der Waals surface area contributed by atoms with Gasteiger partial charge in [0.1, 0.15) is 5.60 Å². The number of hydrogen-bond donors (Lipinski definition) is 1. The lowest BCUT2D eigenvalue weighted by Gasteiger charge is -2.55. The number of hydrogen-bond acceptors (Lipinski definition) is 4. The van der Waals surface area contributed by atoms with Crippen LogP contribution in [0, 0.1) is 29.1 Å². The number of ether oxygens (including phenoxy) is 1. The van der Waals surface area contributed by atoms with Crippen LogP contribution in [0.1, 0.15) is 58.3 Å². The van der Waals surface area contributed by atoms with Crippen LogP contribution >= 0.6 is 0 Å². The Morgan fingerprint density at radius 1 is 1.16 bits per heavy atom. The lowest BCUT2D eigenvalue weighted by atomic mass is 9.50. The molecule has 1 N–H and O–H groups in total. The van der Waals surface area contributed by atoms with Gasteiger partial charge in [0.25, 0.3) is 0 Å². The number of rotatable bonds is 0. The number of carbonyl (C=O) groups excluding carboxylic acids is 1. The van der Waals surface area contributed by atoms with Crippen molar-refractivity contribution in [2.24, 2.45) is 34.2 Å². The molecule has 0 radical (unpaired) electrons. The summed E-state index contributed by atoms with van der Waals surface area (Å²) in [6, 6.07) is 0. The van der Waals surface area contributed by atoms with Crippen LogP contribution < -0.4 is 0 Å². The summed E-state index contributed by atoms with van der Waals surface area (Å²) in [4.78, 5) is 11.8. The van der Waals surface area contributed by atoms with Gasteiger partial charge in [0.15, 0.2) is 0 Å². The summed E-state index contributed by atoms with van der Waals surface area (Å²) < 4.78 is 5.89. The predicted octanol–water partition coefficient (Wildman–Crippen LogP) is 4.24. The summed E-state index contributed by atoms with van der Waals surface area (Å²) >= 11 is 0. The van der Waals surface area contributed by atoms with Crippen molar-refractivity contribution in [3.8, 4) is 0 Å². The minimum absolute atomic E-state index is 0.102. The van der Waals surface area contributed by atoms with E-state index in [4.69, 9.17) is 9.94 Å². The van der Waals surface area contributed by atoms with E-state index in [9.17, 15) is 4.79 Å². The first-order valence-corrected chi connectivity index (χ1v) is 9.90. The molecule has 0 aromatic heterocycles. The Labute approximate surface area is 149 Å². The third-order valence-electron chi connectivity index (χ3n) is 8.40. The van der Waals surface area contributed by atoms with Crippen molar-refractivity contribution in [1.29, 1.82) is 0 Å². The zero-order valence-corrected chi connectivity index (χ0v) is 14.9. The van der Waals surface area contributed by atoms with E-state index >= 15 is 0 Å². The molecule has 3 unspecified atom stereocenters. The molecule has 0 aromatic carbocycles. The van der Waals surface area contributed by atoms with E-state index in [1.54, 1.807) is 6.08 Å². The average molecular weight is 341 g/mol. The lowest BCUT2D eigenvalue weighted by Crippen LogP contribution is -2.52. The van der Waals surface area contributed by atoms with Crippen LogP contribution in [0.5, 0.6) is 0 Å². The molecule has 1 heterocycles. The zero-order chi connectivity index (χ0) is 17.2. The second kappa shape index (κ2) is 5.21. The predicted molar refractivity (Wildman–Crippen MR) is 94.3 cm³/mol. The van der Waals surface area contributed by atoms with Gasteiger partial charge in [-0.3, -0.25) is 0 Å². The molecule has 0 aromatic rings. The van der Waals surface area contributed by atoms with Crippen molar-refractivity contribution in [1.82, 2.24) is 0 Å². The topological polar surface area (TPSA) is 58.9 Å². The maximum Gasteiger partial charge on any atom is 0.331 e. The normalized spacial score (nSPS) is 49.6. The summed E-state index contributed by atoms with van der Waals surface area (Å²) in [5, 5.41) is 12.6. The van der Waals surface area contributed by atoms with E-state index in [2.05, 4.69) is 24.2 Å². The largest absolute Gasteiger partial charge is 0.451 e. The molecular weight excluding hydrogens is 314 g/mol. The highest BCUT2D eigenvalue weighted by molar-refractivity contribution is 5.96. The molecule has 4 aliphatic carbocycles. The van der Waals surface area contributed by atoms with E-state index < -0.39 is 0 Å². The van der Waals surface area contributed by atoms with Crippen molar-refractivity contribution in [3.63, 3.8) is 0 Å². The molecule has 4 heteroatoms. The first-order valence-electron chi connectivity index (χ1n) is 9.90. The molecule has 4 nitrogen and oxygen atoms in total. The summed E-state index contributed by atoms with van der Waals surface area (Å²) in [7, 11) is 0. The van der Waals surface area contributed by atoms with Crippen molar-refractivity contribution >= 4 is 11.7 Å². The second-order valence-electron chi connectivity index (χ2n) is 9.07. The molecule has 0 amide bonds. The molecule has 1 spiro atoms. The molecule has 3 saturated carbocycles. The maximum atomic E-state index is 11.8. The van der Waals surface area contributed by atoms with Crippen LogP contribution in [0.15, 0.2) is 29.0 Å². The number of allylic oxidation sites excluding steroid dienone is 2. The third kappa shape index (κ3) is 2.00. The minimum Gasteiger partial charge on any atom is -0.451 e. The van der Waals surface area contributed by atoms with Gasteiger partial charge in [0.2, 0.25) is 0 Å². The van der Waals surface area contributed by atoms with Crippen LogP contribution in [0.3, 0.4) is 0 Å². The van der Waals surface area contributed by atoms with E-state index in [0.717, 1.165) is 49.7 Å². The van der Waals surface area contributed by atoms with Gasteiger partial charge in [0, 0.05) is 11.5 Å². The van der Waals surface area contributed by atoms with Gasteiger partial charge in [0.05, 0.1) is 5.71 Å². The maximum absolute atomic E-state index is 11.8. The lowest BCUT2D eigenvalue weighted by molar-refractivity contribution is -0.161. The van der Waals surface area contributed by atoms with Gasteiger partial charge in [-0.2, -0.15) is 0 Å². The molecule has 5 aliphatic rings. The SMILES string of the molecule is C[C@]12CCC3C(CCC4=C/C(=N/O)CC[C@@H]43)C1CC[C@@]21C=CC(=O)O1. The van der Waals surface area contributed by atoms with Gasteiger partial charge in [-0.05, 0) is 87.2 Å². The molecule has 5 rings (SSSR count). The Balaban J connectivity index is 1.45. The molecule has 134 valence electrons. The van der Waals surface area contributed by atoms with Crippen LogP contribution in [-0.4, -0.2) is 22.5 Å². The van der Waals surface area contributed by atoms with Crippen molar-refractivity contribution in [3.05, 3.63) is 23.8 Å². The molecule has 25 heavy (non-hydrogen) atoms. The van der Waals surface area contributed by atoms with Crippen LogP contribution in [0.4, 0.5) is 0 Å². The van der Waals surface area contributed by atoms with E-state index in [-0.39, 0.29) is 17.0 Å². The van der Waals surface area contributed by atoms with Crippen molar-refractivity contribution in [2.45, 2.75) is 63.9 Å². The highest BCUT2D eigenvalue weighted by Crippen LogP contribution is 2.66. The fraction of sp³-hybridized carbons (Fsp3) is 0.714. The van der Waals surface area contributed by atoms with Gasteiger partial charge in [-0.1, -0.05) is 17.7 Å². The number of carbonyl (C=O) groups is 1. The summed E-state index contributed by atoms with van der Waals surface area (Å²) in [6.45, 7) is 2.38. The molecular formula is C21H27NO3. The summed E-state index contributed by atoms with van der Waals surface area (Å²) in [6.07, 6.45) is 14.9. The van der Waals surface area contributed by atoms with Crippen molar-refractivity contribution < 1.29 is 14.7 Å². The van der Waals surface area contributed by atoms with Crippen LogP contribution in [0.25, 0.3) is 0 Å². The second-order valence-corrected chi connectivity index (χ2v) is 9.07. The summed E-state index contributed by atoms with van der Waals surface area (Å²) in [5.74, 6) is 2.69. The van der Waals surface area contributed by atoms with Gasteiger partial charge >= 0.3 is 5.97 Å². The Morgan fingerprint density at radius 2 is 2.04 bits per heavy atom. The summed E-state index contributed by atoms with van der Waals surface area (Å²) in [5.41, 5.74) is 2.14. The molecule has 1 aliphatic heterocycles. The number of esters is 1. The number of oxime groups is 1. The number of nitrogens with zero attached hydrogens (tertiary/aromatic N) is 1. The average Bonchev–Trinajstić information content (AvgIpc) is 3.15. The first kappa shape index (κ1) is 15.7. The van der Waals surface area contributed by atoms with Gasteiger partial charge in [-0.15, -0.1) is 0 Å². The smallest absolute Gasteiger partial charge is 0.331 e. The first-order chi connectivity index (χ1) is 12.1. The standard InChI is InChI=1S/C21H27NO3/c1-20-9-6-16-15-5-3-14(22-24)12-13(15)2-4-17(16)18(20)7-10-21(20)11-8-19(23)25-21/h8,11-12,15-18,24H,2-7,9-10H2,1H3/b22-14+/t15-,16?,17?,18?,20-,21+/m0/s1. The Kier molecular flexibility index (Phi) is 3.27. The Bertz CT molecular complexity index is 708. The van der Waals surface area contributed by atoms with Gasteiger partial charge < -0.3 is 9.94 Å². The Hall–Kier alpha value is -1.58. The van der Waals surface area contributed by atoms with E-state index in [0.29, 0.717) is 11.8 Å². The molecule has 0 saturated heterocycles. The minimum atomic E-state index is -0.334. The fourth-order valence-corrected chi connectivity index (χ4v) is 7.20. The third-order valence-corrected chi connectivity index (χ3v) is 8.40. The number of fused-ring (bicyclic) bond motifs is 6. The molecule has 0 bridgehead atoms. The van der Waals surface area contributed by atoms with Gasteiger partial charge in [-0.25, -0.2) is 4.79 Å². The molecule has 6 atom stereocenters. The van der Waals surface area contributed by atoms with E-state index in [1.807, 2.05) is 0 Å². The van der Waals surface area contributed by atoms with E-state index in [1.165, 1.54) is 24.8 Å². The highest BCUT2D eigenvalue weighted by Gasteiger charge is 2.64. The van der Waals surface area contributed by atoms with Crippen LogP contribution in [0.2, 0.25) is 0 Å². The fourth-order valence-electron chi connectivity index (χ4n) is 7.20. The Morgan fingerprint density at radius 3 is 2.80 bits per heavy atom. The van der Waals surface area contributed by atoms with Crippen molar-refractivity contribution in [2.75, 3.05) is 0 Å². The monoisotopic (exact) mass is 341 g/mol. The zero-order valence-electron chi connectivity index (χ0n) is 14.9. The molecule has 3 fully saturated rings. The highest BCUT2D eigenvalue weighted by atomic mass is 16.6. The quantitative estimate of drug-likeness (QED) is 0.407. The van der Waals surface area contributed by atoms with Crippen LogP contribution in [-0.2, 0) is 9.53 Å².